The van der Waals surface area contributed by atoms with E-state index in [1.54, 1.807) is 30.3 Å². The first kappa shape index (κ1) is 17.8. The predicted molar refractivity (Wildman–Crippen MR) is 92.0 cm³/mol. The number of phenolic OH excluding ortho intramolecular Hbond substituents is 1. The number of hydrogen-bond acceptors (Lipinski definition) is 6. The van der Waals surface area contributed by atoms with Gasteiger partial charge in [0.15, 0.2) is 11.5 Å². The fourth-order valence-corrected chi connectivity index (χ4v) is 1.85. The first-order valence-electron chi connectivity index (χ1n) is 7.19. The quantitative estimate of drug-likeness (QED) is 0.433. The third-order valence-electron chi connectivity index (χ3n) is 3.14. The standard InChI is InChI=1S/C17H17N3O5/c1-24-13-6-4-12(5-7-13)19-16(22)17(23)20-18-10-11-3-8-14(21)15(9-11)25-2/h3-10,21H,1-2H3,(H,19,22)(H,20,23). The first-order chi connectivity index (χ1) is 12.0. The van der Waals surface area contributed by atoms with Gasteiger partial charge in [0.1, 0.15) is 5.75 Å². The van der Waals surface area contributed by atoms with Gasteiger partial charge >= 0.3 is 11.8 Å². The number of phenols is 1. The largest absolute Gasteiger partial charge is 0.504 e. The third kappa shape index (κ3) is 4.96. The number of hydrazone groups is 1. The van der Waals surface area contributed by atoms with Crippen molar-refractivity contribution >= 4 is 23.7 Å². The molecule has 130 valence electrons. The number of rotatable bonds is 5. The van der Waals surface area contributed by atoms with Gasteiger partial charge in [-0.1, -0.05) is 0 Å². The van der Waals surface area contributed by atoms with Crippen LogP contribution >= 0.6 is 0 Å². The third-order valence-corrected chi connectivity index (χ3v) is 3.14. The van der Waals surface area contributed by atoms with E-state index in [1.165, 1.54) is 32.6 Å². The molecular formula is C17H17N3O5. The minimum atomic E-state index is -0.919. The SMILES string of the molecule is COc1ccc(NC(=O)C(=O)NN=Cc2ccc(O)c(OC)c2)cc1. The smallest absolute Gasteiger partial charge is 0.329 e. The lowest BCUT2D eigenvalue weighted by molar-refractivity contribution is -0.136. The lowest BCUT2D eigenvalue weighted by Crippen LogP contribution is -2.32. The lowest BCUT2D eigenvalue weighted by atomic mass is 10.2. The normalized spacial score (nSPS) is 10.3. The molecule has 2 aromatic carbocycles. The molecule has 0 aliphatic carbocycles. The van der Waals surface area contributed by atoms with Crippen LogP contribution in [0.4, 0.5) is 5.69 Å². The van der Waals surface area contributed by atoms with Crippen LogP contribution in [0, 0.1) is 0 Å². The van der Waals surface area contributed by atoms with Crippen molar-refractivity contribution in [2.24, 2.45) is 5.10 Å². The van der Waals surface area contributed by atoms with Gasteiger partial charge in [0.2, 0.25) is 0 Å². The molecule has 0 spiro atoms. The molecule has 0 bridgehead atoms. The average molecular weight is 343 g/mol. The molecule has 25 heavy (non-hydrogen) atoms. The molecule has 0 aliphatic rings. The molecule has 2 rings (SSSR count). The van der Waals surface area contributed by atoms with Crippen molar-refractivity contribution in [3.63, 3.8) is 0 Å². The molecule has 3 N–H and O–H groups in total. The second-order valence-corrected chi connectivity index (χ2v) is 4.81. The fraction of sp³-hybridized carbons (Fsp3) is 0.118. The van der Waals surface area contributed by atoms with Crippen LogP contribution in [-0.2, 0) is 9.59 Å². The molecule has 8 heteroatoms. The van der Waals surface area contributed by atoms with Gasteiger partial charge in [-0.15, -0.1) is 0 Å². The van der Waals surface area contributed by atoms with Crippen molar-refractivity contribution in [1.82, 2.24) is 5.43 Å². The predicted octanol–water partition coefficient (Wildman–Crippen LogP) is 1.50. The number of carbonyl (C=O) groups excluding carboxylic acids is 2. The summed E-state index contributed by atoms with van der Waals surface area (Å²) < 4.78 is 9.97. The lowest BCUT2D eigenvalue weighted by Gasteiger charge is -2.05. The van der Waals surface area contributed by atoms with E-state index in [0.717, 1.165) is 0 Å². The highest BCUT2D eigenvalue weighted by Crippen LogP contribution is 2.25. The monoisotopic (exact) mass is 343 g/mol. The molecule has 2 amide bonds. The first-order valence-corrected chi connectivity index (χ1v) is 7.19. The van der Waals surface area contributed by atoms with E-state index < -0.39 is 11.8 Å². The Kier molecular flexibility index (Phi) is 5.94. The van der Waals surface area contributed by atoms with Gasteiger partial charge in [0, 0.05) is 5.69 Å². The van der Waals surface area contributed by atoms with E-state index in [2.05, 4.69) is 15.8 Å². The summed E-state index contributed by atoms with van der Waals surface area (Å²) in [4.78, 5) is 23.5. The van der Waals surface area contributed by atoms with E-state index in [1.807, 2.05) is 0 Å². The van der Waals surface area contributed by atoms with Crippen LogP contribution in [0.2, 0.25) is 0 Å². The van der Waals surface area contributed by atoms with Crippen LogP contribution < -0.4 is 20.2 Å². The Morgan fingerprint density at radius 2 is 1.76 bits per heavy atom. The molecule has 0 heterocycles. The molecule has 0 saturated heterocycles. The van der Waals surface area contributed by atoms with E-state index >= 15 is 0 Å². The number of aromatic hydroxyl groups is 1. The molecule has 8 nitrogen and oxygen atoms in total. The highest BCUT2D eigenvalue weighted by atomic mass is 16.5. The zero-order chi connectivity index (χ0) is 18.2. The second kappa shape index (κ2) is 8.34. The van der Waals surface area contributed by atoms with Crippen LogP contribution in [0.1, 0.15) is 5.56 Å². The summed E-state index contributed by atoms with van der Waals surface area (Å²) in [6.45, 7) is 0. The number of nitrogens with zero attached hydrogens (tertiary/aromatic N) is 1. The summed E-state index contributed by atoms with van der Waals surface area (Å²) in [5.41, 5.74) is 3.14. The summed E-state index contributed by atoms with van der Waals surface area (Å²) in [5, 5.41) is 15.6. The second-order valence-electron chi connectivity index (χ2n) is 4.81. The molecule has 0 atom stereocenters. The molecule has 0 aromatic heterocycles. The summed E-state index contributed by atoms with van der Waals surface area (Å²) in [5.74, 6) is -0.880. The van der Waals surface area contributed by atoms with Gasteiger partial charge in [-0.3, -0.25) is 9.59 Å². The van der Waals surface area contributed by atoms with Gasteiger partial charge in [-0.05, 0) is 48.0 Å². The van der Waals surface area contributed by atoms with Crippen molar-refractivity contribution in [1.29, 1.82) is 0 Å². The molecule has 2 aromatic rings. The zero-order valence-corrected chi connectivity index (χ0v) is 13.6. The van der Waals surface area contributed by atoms with E-state index in [9.17, 15) is 14.7 Å². The Hall–Kier alpha value is -3.55. The highest BCUT2D eigenvalue weighted by molar-refractivity contribution is 6.39. The zero-order valence-electron chi connectivity index (χ0n) is 13.6. The van der Waals surface area contributed by atoms with Crippen molar-refractivity contribution in [3.05, 3.63) is 48.0 Å². The fourth-order valence-electron chi connectivity index (χ4n) is 1.85. The minimum absolute atomic E-state index is 0.0115. The number of nitrogens with one attached hydrogen (secondary N) is 2. The number of ether oxygens (including phenoxy) is 2. The Morgan fingerprint density at radius 1 is 1.04 bits per heavy atom. The van der Waals surface area contributed by atoms with E-state index in [-0.39, 0.29) is 11.5 Å². The Morgan fingerprint density at radius 3 is 2.40 bits per heavy atom. The minimum Gasteiger partial charge on any atom is -0.504 e. The maximum atomic E-state index is 11.8. The van der Waals surface area contributed by atoms with Gasteiger partial charge in [0.05, 0.1) is 20.4 Å². The average Bonchev–Trinajstić information content (AvgIpc) is 2.63. The van der Waals surface area contributed by atoms with Crippen molar-refractivity contribution < 1.29 is 24.2 Å². The van der Waals surface area contributed by atoms with Crippen LogP contribution in [0.5, 0.6) is 17.2 Å². The van der Waals surface area contributed by atoms with Crippen LogP contribution in [-0.4, -0.2) is 37.4 Å². The highest BCUT2D eigenvalue weighted by Gasteiger charge is 2.12. The summed E-state index contributed by atoms with van der Waals surface area (Å²) in [7, 11) is 2.95. The molecular weight excluding hydrogens is 326 g/mol. The summed E-state index contributed by atoms with van der Waals surface area (Å²) in [6, 6.07) is 11.1. The van der Waals surface area contributed by atoms with E-state index in [0.29, 0.717) is 17.0 Å². The van der Waals surface area contributed by atoms with Gasteiger partial charge in [-0.2, -0.15) is 5.10 Å². The molecule has 0 aliphatic heterocycles. The van der Waals surface area contributed by atoms with Crippen LogP contribution in [0.25, 0.3) is 0 Å². The number of anilines is 1. The summed E-state index contributed by atoms with van der Waals surface area (Å²) in [6.07, 6.45) is 1.32. The number of carbonyl (C=O) groups is 2. The van der Waals surface area contributed by atoms with Crippen molar-refractivity contribution in [3.8, 4) is 17.2 Å². The van der Waals surface area contributed by atoms with E-state index in [4.69, 9.17) is 9.47 Å². The molecule has 0 radical (unpaired) electrons. The van der Waals surface area contributed by atoms with Gasteiger partial charge in [-0.25, -0.2) is 5.43 Å². The number of hydrogen-bond donors (Lipinski definition) is 3. The van der Waals surface area contributed by atoms with Gasteiger partial charge in [0.25, 0.3) is 0 Å². The molecule has 0 saturated carbocycles. The number of methoxy groups -OCH3 is 2. The molecule has 0 unspecified atom stereocenters. The van der Waals surface area contributed by atoms with Crippen LogP contribution in [0.15, 0.2) is 47.6 Å². The molecule has 0 fully saturated rings. The van der Waals surface area contributed by atoms with Crippen LogP contribution in [0.3, 0.4) is 0 Å². The van der Waals surface area contributed by atoms with Crippen molar-refractivity contribution in [2.75, 3.05) is 19.5 Å². The van der Waals surface area contributed by atoms with Crippen molar-refractivity contribution in [2.45, 2.75) is 0 Å². The number of amides is 2. The van der Waals surface area contributed by atoms with Gasteiger partial charge < -0.3 is 19.9 Å². The summed E-state index contributed by atoms with van der Waals surface area (Å²) >= 11 is 0. The maximum Gasteiger partial charge on any atom is 0.329 e. The Labute approximate surface area is 144 Å². The Balaban J connectivity index is 1.91. The number of benzene rings is 2. The topological polar surface area (TPSA) is 109 Å². The Bertz CT molecular complexity index is 787. The maximum absolute atomic E-state index is 11.8.